The molecule has 0 spiro atoms. The molecule has 8 heteroatoms. The lowest BCUT2D eigenvalue weighted by Gasteiger charge is -2.08. The number of furan rings is 1. The SMILES string of the molecule is O=C(CSc1nc(-c2ccco2)nc2ccccc12)Nc1ccc(Cl)cn1. The van der Waals surface area contributed by atoms with Crippen molar-refractivity contribution < 1.29 is 9.21 Å². The van der Waals surface area contributed by atoms with Gasteiger partial charge >= 0.3 is 0 Å². The van der Waals surface area contributed by atoms with E-state index in [0.29, 0.717) is 27.5 Å². The Balaban J connectivity index is 1.55. The van der Waals surface area contributed by atoms with E-state index in [0.717, 1.165) is 10.9 Å². The van der Waals surface area contributed by atoms with Gasteiger partial charge in [-0.25, -0.2) is 15.0 Å². The monoisotopic (exact) mass is 396 g/mol. The van der Waals surface area contributed by atoms with Gasteiger partial charge in [-0.3, -0.25) is 4.79 Å². The van der Waals surface area contributed by atoms with E-state index in [1.807, 2.05) is 24.3 Å². The number of rotatable bonds is 5. The summed E-state index contributed by atoms with van der Waals surface area (Å²) >= 11 is 7.13. The number of benzene rings is 1. The first kappa shape index (κ1) is 17.5. The van der Waals surface area contributed by atoms with E-state index in [2.05, 4.69) is 20.3 Å². The minimum Gasteiger partial charge on any atom is -0.461 e. The molecule has 1 aromatic carbocycles. The number of fused-ring (bicyclic) bond motifs is 1. The highest BCUT2D eigenvalue weighted by Gasteiger charge is 2.13. The van der Waals surface area contributed by atoms with Gasteiger partial charge in [0.1, 0.15) is 10.8 Å². The zero-order valence-corrected chi connectivity index (χ0v) is 15.5. The average molecular weight is 397 g/mol. The van der Waals surface area contributed by atoms with Crippen LogP contribution in [-0.4, -0.2) is 26.6 Å². The summed E-state index contributed by atoms with van der Waals surface area (Å²) in [7, 11) is 0. The molecule has 0 saturated heterocycles. The van der Waals surface area contributed by atoms with Crippen molar-refractivity contribution in [3.05, 3.63) is 66.0 Å². The Kier molecular flexibility index (Phi) is 5.04. The van der Waals surface area contributed by atoms with Gasteiger partial charge in [0, 0.05) is 11.6 Å². The van der Waals surface area contributed by atoms with Gasteiger partial charge in [-0.2, -0.15) is 0 Å². The minimum atomic E-state index is -0.183. The van der Waals surface area contributed by atoms with E-state index < -0.39 is 0 Å². The van der Waals surface area contributed by atoms with Crippen LogP contribution in [0.5, 0.6) is 0 Å². The summed E-state index contributed by atoms with van der Waals surface area (Å²) in [5, 5.41) is 4.85. The van der Waals surface area contributed by atoms with Gasteiger partial charge in [-0.05, 0) is 30.3 Å². The number of nitrogens with one attached hydrogen (secondary N) is 1. The number of amides is 1. The molecular weight excluding hydrogens is 384 g/mol. The Labute approximate surface area is 164 Å². The first-order valence-corrected chi connectivity index (χ1v) is 9.40. The van der Waals surface area contributed by atoms with Crippen LogP contribution in [0, 0.1) is 0 Å². The van der Waals surface area contributed by atoms with Crippen molar-refractivity contribution in [3.8, 4) is 11.6 Å². The van der Waals surface area contributed by atoms with Crippen molar-refractivity contribution in [1.82, 2.24) is 15.0 Å². The molecule has 27 heavy (non-hydrogen) atoms. The first-order valence-electron chi connectivity index (χ1n) is 8.04. The Bertz CT molecular complexity index is 1080. The molecule has 0 radical (unpaired) electrons. The van der Waals surface area contributed by atoms with E-state index in [1.165, 1.54) is 18.0 Å². The van der Waals surface area contributed by atoms with Crippen LogP contribution in [-0.2, 0) is 4.79 Å². The number of hydrogen-bond acceptors (Lipinski definition) is 6. The molecule has 6 nitrogen and oxygen atoms in total. The maximum atomic E-state index is 12.3. The van der Waals surface area contributed by atoms with E-state index in [1.54, 1.807) is 30.5 Å². The van der Waals surface area contributed by atoms with Crippen LogP contribution in [0.3, 0.4) is 0 Å². The van der Waals surface area contributed by atoms with Gasteiger partial charge < -0.3 is 9.73 Å². The second-order valence-corrected chi connectivity index (χ2v) is 6.95. The second kappa shape index (κ2) is 7.77. The smallest absolute Gasteiger partial charge is 0.235 e. The fourth-order valence-electron chi connectivity index (χ4n) is 2.44. The molecule has 0 unspecified atom stereocenters. The highest BCUT2D eigenvalue weighted by atomic mass is 35.5. The van der Waals surface area contributed by atoms with Crippen molar-refractivity contribution in [1.29, 1.82) is 0 Å². The van der Waals surface area contributed by atoms with Crippen LogP contribution in [0.25, 0.3) is 22.5 Å². The van der Waals surface area contributed by atoms with Crippen LogP contribution in [0.15, 0.2) is 70.4 Å². The molecule has 3 aromatic heterocycles. The van der Waals surface area contributed by atoms with Crippen LogP contribution >= 0.6 is 23.4 Å². The highest BCUT2D eigenvalue weighted by molar-refractivity contribution is 8.00. The summed E-state index contributed by atoms with van der Waals surface area (Å²) in [6.07, 6.45) is 3.06. The Morgan fingerprint density at radius 1 is 1.11 bits per heavy atom. The number of halogens is 1. The van der Waals surface area contributed by atoms with Crippen molar-refractivity contribution >= 4 is 46.0 Å². The lowest BCUT2D eigenvalue weighted by Crippen LogP contribution is -2.15. The van der Waals surface area contributed by atoms with Crippen LogP contribution in [0.2, 0.25) is 5.02 Å². The third-order valence-corrected chi connectivity index (χ3v) is 4.86. The van der Waals surface area contributed by atoms with Crippen LogP contribution < -0.4 is 5.32 Å². The van der Waals surface area contributed by atoms with E-state index >= 15 is 0 Å². The fraction of sp³-hybridized carbons (Fsp3) is 0.0526. The number of pyridine rings is 1. The van der Waals surface area contributed by atoms with Gasteiger partial charge in [0.2, 0.25) is 5.91 Å². The van der Waals surface area contributed by atoms with Crippen molar-refractivity contribution in [3.63, 3.8) is 0 Å². The largest absolute Gasteiger partial charge is 0.461 e. The van der Waals surface area contributed by atoms with Gasteiger partial charge in [0.05, 0.1) is 22.6 Å². The molecule has 134 valence electrons. The van der Waals surface area contributed by atoms with Gasteiger partial charge in [0.25, 0.3) is 0 Å². The molecule has 3 heterocycles. The molecule has 1 N–H and O–H groups in total. The van der Waals surface area contributed by atoms with E-state index in [-0.39, 0.29) is 11.7 Å². The topological polar surface area (TPSA) is 80.9 Å². The summed E-state index contributed by atoms with van der Waals surface area (Å²) < 4.78 is 5.41. The Hall–Kier alpha value is -2.90. The number of aromatic nitrogens is 3. The number of carbonyl (C=O) groups excluding carboxylic acids is 1. The second-order valence-electron chi connectivity index (χ2n) is 5.55. The molecule has 0 saturated carbocycles. The molecule has 4 rings (SSSR count). The number of hydrogen-bond donors (Lipinski definition) is 1. The molecule has 0 aliphatic heterocycles. The standard InChI is InChI=1S/C19H13ClN4O2S/c20-12-7-8-16(21-10-12)23-17(25)11-27-19-13-4-1-2-5-14(13)22-18(24-19)15-6-3-9-26-15/h1-10H,11H2,(H,21,23,25). The summed E-state index contributed by atoms with van der Waals surface area (Å²) in [6.45, 7) is 0. The normalized spacial score (nSPS) is 10.9. The lowest BCUT2D eigenvalue weighted by atomic mass is 10.2. The molecule has 0 atom stereocenters. The van der Waals surface area contributed by atoms with Gasteiger partial charge in [0.15, 0.2) is 11.6 Å². The van der Waals surface area contributed by atoms with Crippen LogP contribution in [0.4, 0.5) is 5.82 Å². The fourth-order valence-corrected chi connectivity index (χ4v) is 3.37. The predicted octanol–water partition coefficient (Wildman–Crippen LogP) is 4.67. The summed E-state index contributed by atoms with van der Waals surface area (Å²) in [5.74, 6) is 1.52. The minimum absolute atomic E-state index is 0.183. The number of para-hydroxylation sites is 1. The van der Waals surface area contributed by atoms with E-state index in [4.69, 9.17) is 16.0 Å². The van der Waals surface area contributed by atoms with Gasteiger partial charge in [-0.15, -0.1) is 0 Å². The first-order chi connectivity index (χ1) is 13.2. The van der Waals surface area contributed by atoms with Crippen LogP contribution in [0.1, 0.15) is 0 Å². The van der Waals surface area contributed by atoms with Crippen molar-refractivity contribution in [2.75, 3.05) is 11.1 Å². The number of nitrogens with zero attached hydrogens (tertiary/aromatic N) is 3. The van der Waals surface area contributed by atoms with Gasteiger partial charge in [-0.1, -0.05) is 41.6 Å². The molecular formula is C19H13ClN4O2S. The molecule has 4 aromatic rings. The molecule has 0 bridgehead atoms. The average Bonchev–Trinajstić information content (AvgIpc) is 3.22. The molecule has 0 aliphatic carbocycles. The quantitative estimate of drug-likeness (QED) is 0.390. The number of carbonyl (C=O) groups is 1. The third-order valence-electron chi connectivity index (χ3n) is 3.64. The summed E-state index contributed by atoms with van der Waals surface area (Å²) in [5.41, 5.74) is 0.793. The molecule has 0 aliphatic rings. The maximum Gasteiger partial charge on any atom is 0.235 e. The van der Waals surface area contributed by atoms with E-state index in [9.17, 15) is 4.79 Å². The van der Waals surface area contributed by atoms with Crippen molar-refractivity contribution in [2.45, 2.75) is 5.03 Å². The number of anilines is 1. The summed E-state index contributed by atoms with van der Waals surface area (Å²) in [6, 6.07) is 14.6. The zero-order chi connectivity index (χ0) is 18.6. The Morgan fingerprint density at radius 3 is 2.78 bits per heavy atom. The number of thioether (sulfide) groups is 1. The Morgan fingerprint density at radius 2 is 2.00 bits per heavy atom. The third kappa shape index (κ3) is 4.10. The zero-order valence-electron chi connectivity index (χ0n) is 13.9. The summed E-state index contributed by atoms with van der Waals surface area (Å²) in [4.78, 5) is 25.4. The highest BCUT2D eigenvalue weighted by Crippen LogP contribution is 2.28. The molecule has 0 fully saturated rings. The lowest BCUT2D eigenvalue weighted by molar-refractivity contribution is -0.113. The van der Waals surface area contributed by atoms with Crippen molar-refractivity contribution in [2.24, 2.45) is 0 Å². The predicted molar refractivity (Wildman–Crippen MR) is 106 cm³/mol. The molecule has 1 amide bonds. The maximum absolute atomic E-state index is 12.3.